The molecule has 0 aliphatic heterocycles. The Morgan fingerprint density at radius 2 is 1.58 bits per heavy atom. The zero-order chi connectivity index (χ0) is 8.20. The second-order valence-corrected chi connectivity index (χ2v) is 2.78. The fourth-order valence-corrected chi connectivity index (χ4v) is 0.840. The lowest BCUT2D eigenvalue weighted by Gasteiger charge is -2.11. The zero-order valence-corrected chi connectivity index (χ0v) is 7.15. The van der Waals surface area contributed by atoms with Gasteiger partial charge in [0, 0.05) is 0 Å². The van der Waals surface area contributed by atoms with Crippen LogP contribution in [0.4, 0.5) is 0 Å². The molecule has 0 bridgehead atoms. The average molecular weight is 207 g/mol. The molecule has 78 valence electrons. The highest BCUT2D eigenvalue weighted by Crippen LogP contribution is 2.37. The number of phosphoric ester groups is 1. The second kappa shape index (κ2) is 7.59. The fourth-order valence-electron chi connectivity index (χ4n) is 0.319. The minimum Gasteiger partial charge on any atom is -0.412 e. The summed E-state index contributed by atoms with van der Waals surface area (Å²) in [4.78, 5) is 16.2. The Balaban J connectivity index is -0.000000405. The third kappa shape index (κ3) is 9.95. The number of aliphatic hydroxyl groups excluding tert-OH is 2. The average Bonchev–Trinajstić information content (AvgIpc) is 1.81. The van der Waals surface area contributed by atoms with Crippen molar-refractivity contribution in [3.05, 3.63) is 0 Å². The monoisotopic (exact) mass is 207 g/mol. The molecule has 0 fully saturated rings. The normalized spacial score (nSPS) is 10.4. The molecule has 0 aliphatic rings. The minimum atomic E-state index is -4.57. The van der Waals surface area contributed by atoms with E-state index in [-0.39, 0.29) is 11.6 Å². The Morgan fingerprint density at radius 3 is 1.67 bits per heavy atom. The van der Waals surface area contributed by atoms with Gasteiger partial charge in [0.15, 0.2) is 0 Å². The Bertz CT molecular complexity index is 131. The zero-order valence-electron chi connectivity index (χ0n) is 6.25. The first-order valence-corrected chi connectivity index (χ1v) is 3.98. The van der Waals surface area contributed by atoms with E-state index in [0.717, 1.165) is 0 Å². The van der Waals surface area contributed by atoms with Crippen molar-refractivity contribution >= 4 is 7.82 Å². The van der Waals surface area contributed by atoms with Crippen molar-refractivity contribution in [1.29, 1.82) is 0 Å². The Labute approximate surface area is 68.9 Å². The topological polar surface area (TPSA) is 174 Å². The van der Waals surface area contributed by atoms with E-state index < -0.39 is 27.1 Å². The Kier molecular flexibility index (Phi) is 11.3. The van der Waals surface area contributed by atoms with E-state index in [4.69, 9.17) is 20.0 Å². The highest BCUT2D eigenvalue weighted by Gasteiger charge is 2.20. The molecule has 0 amide bonds. The molecule has 9 heteroatoms. The number of aliphatic hydroxyl groups is 2. The van der Waals surface area contributed by atoms with Gasteiger partial charge in [0.1, 0.15) is 6.10 Å². The van der Waals surface area contributed by atoms with Gasteiger partial charge < -0.3 is 31.6 Å². The predicted molar refractivity (Wildman–Crippen MR) is 39.7 cm³/mol. The van der Waals surface area contributed by atoms with E-state index in [9.17, 15) is 4.57 Å². The molecule has 0 rings (SSSR count). The first-order valence-electron chi connectivity index (χ1n) is 2.45. The molecule has 0 unspecified atom stereocenters. The van der Waals surface area contributed by atoms with Crippen LogP contribution in [-0.2, 0) is 9.09 Å². The van der Waals surface area contributed by atoms with Crippen LogP contribution in [-0.4, -0.2) is 44.8 Å². The van der Waals surface area contributed by atoms with Crippen LogP contribution >= 0.6 is 7.82 Å². The van der Waals surface area contributed by atoms with Crippen LogP contribution in [0.3, 0.4) is 0 Å². The van der Waals surface area contributed by atoms with Crippen LogP contribution in [0.2, 0.25) is 0 Å². The molecule has 0 saturated heterocycles. The first kappa shape index (κ1) is 17.9. The second-order valence-electron chi connectivity index (χ2n) is 1.58. The standard InChI is InChI=1S/C3H9O6P.H3N.H2O/c4-1-3(2-5)9-10(6,7)8;;/h3-5H,1-2H2,(H2,6,7,8);1H3;1H2. The molecule has 8 nitrogen and oxygen atoms in total. The van der Waals surface area contributed by atoms with Gasteiger partial charge in [-0.25, -0.2) is 4.57 Å². The number of hydrogen-bond acceptors (Lipinski definition) is 5. The summed E-state index contributed by atoms with van der Waals surface area (Å²) in [5.41, 5.74) is 0. The van der Waals surface area contributed by atoms with Crippen LogP contribution in [0.1, 0.15) is 0 Å². The summed E-state index contributed by atoms with van der Waals surface area (Å²) in [7, 11) is -4.57. The van der Waals surface area contributed by atoms with E-state index >= 15 is 0 Å². The number of phosphoric acid groups is 1. The molecule has 9 N–H and O–H groups in total. The summed E-state index contributed by atoms with van der Waals surface area (Å²) in [6, 6.07) is 0. The van der Waals surface area contributed by atoms with Gasteiger partial charge in [0.25, 0.3) is 0 Å². The molecule has 0 aromatic heterocycles. The summed E-state index contributed by atoms with van der Waals surface area (Å²) < 4.78 is 13.9. The molecule has 0 heterocycles. The Hall–Kier alpha value is -0.0500. The van der Waals surface area contributed by atoms with Crippen LogP contribution in [0, 0.1) is 0 Å². The minimum absolute atomic E-state index is 0. The van der Waals surface area contributed by atoms with Gasteiger partial charge in [-0.2, -0.15) is 0 Å². The first-order chi connectivity index (χ1) is 4.49. The van der Waals surface area contributed by atoms with E-state index in [1.54, 1.807) is 0 Å². The quantitative estimate of drug-likeness (QED) is 0.324. The maximum atomic E-state index is 10.0. The van der Waals surface area contributed by atoms with Crippen LogP contribution in [0.15, 0.2) is 0 Å². The summed E-state index contributed by atoms with van der Waals surface area (Å²) in [6.07, 6.45) is -1.21. The molecular formula is C3H14NO7P. The van der Waals surface area contributed by atoms with Crippen molar-refractivity contribution < 1.29 is 34.6 Å². The smallest absolute Gasteiger partial charge is 0.412 e. The maximum Gasteiger partial charge on any atom is 0.470 e. The van der Waals surface area contributed by atoms with Crippen LogP contribution < -0.4 is 6.15 Å². The van der Waals surface area contributed by atoms with Gasteiger partial charge in [0.05, 0.1) is 13.2 Å². The summed E-state index contributed by atoms with van der Waals surface area (Å²) in [5.74, 6) is 0. The van der Waals surface area contributed by atoms with E-state index in [1.807, 2.05) is 0 Å². The van der Waals surface area contributed by atoms with Gasteiger partial charge in [-0.3, -0.25) is 4.52 Å². The van der Waals surface area contributed by atoms with Gasteiger partial charge >= 0.3 is 7.82 Å². The summed E-state index contributed by atoms with van der Waals surface area (Å²) >= 11 is 0. The van der Waals surface area contributed by atoms with E-state index in [1.165, 1.54) is 0 Å². The van der Waals surface area contributed by atoms with Gasteiger partial charge in [0.2, 0.25) is 0 Å². The SMILES string of the molecule is N.O.O=P(O)(O)OC(CO)CO. The van der Waals surface area contributed by atoms with Crippen LogP contribution in [0.5, 0.6) is 0 Å². The molecule has 12 heavy (non-hydrogen) atoms. The fraction of sp³-hybridized carbons (Fsp3) is 1.00. The molecule has 0 aliphatic carbocycles. The molecule has 0 saturated carbocycles. The number of rotatable bonds is 4. The summed E-state index contributed by atoms with van der Waals surface area (Å²) in [5, 5.41) is 16.5. The third-order valence-corrected chi connectivity index (χ3v) is 1.27. The highest BCUT2D eigenvalue weighted by atomic mass is 31.2. The molecule has 0 spiro atoms. The molecular weight excluding hydrogens is 193 g/mol. The highest BCUT2D eigenvalue weighted by molar-refractivity contribution is 7.46. The van der Waals surface area contributed by atoms with Crippen LogP contribution in [0.25, 0.3) is 0 Å². The lowest BCUT2D eigenvalue weighted by atomic mass is 10.4. The lowest BCUT2D eigenvalue weighted by Crippen LogP contribution is -2.20. The van der Waals surface area contributed by atoms with Crippen molar-refractivity contribution in [2.45, 2.75) is 6.10 Å². The largest absolute Gasteiger partial charge is 0.470 e. The maximum absolute atomic E-state index is 10.0. The van der Waals surface area contributed by atoms with Crippen molar-refractivity contribution in [2.75, 3.05) is 13.2 Å². The van der Waals surface area contributed by atoms with Crippen molar-refractivity contribution in [3.8, 4) is 0 Å². The van der Waals surface area contributed by atoms with Gasteiger partial charge in [-0.15, -0.1) is 0 Å². The van der Waals surface area contributed by atoms with Gasteiger partial charge in [-0.1, -0.05) is 0 Å². The van der Waals surface area contributed by atoms with Crippen molar-refractivity contribution in [3.63, 3.8) is 0 Å². The van der Waals surface area contributed by atoms with Gasteiger partial charge in [-0.05, 0) is 0 Å². The molecule has 0 atom stereocenters. The predicted octanol–water partition coefficient (Wildman–Crippen LogP) is -2.21. The lowest BCUT2D eigenvalue weighted by molar-refractivity contribution is 0.0391. The molecule has 0 radical (unpaired) electrons. The van der Waals surface area contributed by atoms with E-state index in [2.05, 4.69) is 4.52 Å². The van der Waals surface area contributed by atoms with Crippen molar-refractivity contribution in [2.24, 2.45) is 0 Å². The van der Waals surface area contributed by atoms with E-state index in [0.29, 0.717) is 0 Å². The van der Waals surface area contributed by atoms with Crippen molar-refractivity contribution in [1.82, 2.24) is 6.15 Å². The molecule has 0 aromatic carbocycles. The summed E-state index contributed by atoms with van der Waals surface area (Å²) in [6.45, 7) is -1.25. The Morgan fingerprint density at radius 1 is 1.25 bits per heavy atom. The number of hydrogen-bond donors (Lipinski definition) is 5. The molecule has 0 aromatic rings. The third-order valence-electron chi connectivity index (χ3n) is 0.694.